The first-order valence-corrected chi connectivity index (χ1v) is 11.4. The van der Waals surface area contributed by atoms with Crippen molar-refractivity contribution in [3.05, 3.63) is 83.1 Å². The van der Waals surface area contributed by atoms with Crippen LogP contribution < -0.4 is 14.8 Å². The minimum atomic E-state index is -4.76. The van der Waals surface area contributed by atoms with Crippen LogP contribution in [-0.2, 0) is 24.3 Å². The standard InChI is InChI=1S/C26H24F4N4O3/c1-16-11-21-25(32-13-16)34(15-17-3-6-19(7-4-17)37-26(28,29)30)23(33-21)9-10-24(35)31-14-18-5-8-22(36-2)20(27)12-18/h3-8,11-13H,9-10,14-15H2,1-2H3,(H,31,35). The second-order valence-corrected chi connectivity index (χ2v) is 8.41. The van der Waals surface area contributed by atoms with Crippen LogP contribution in [0.3, 0.4) is 0 Å². The molecular weight excluding hydrogens is 492 g/mol. The molecule has 1 N–H and O–H groups in total. The zero-order valence-corrected chi connectivity index (χ0v) is 20.1. The minimum absolute atomic E-state index is 0.124. The number of halogens is 4. The van der Waals surface area contributed by atoms with E-state index in [2.05, 4.69) is 20.0 Å². The molecule has 2 heterocycles. The highest BCUT2D eigenvalue weighted by molar-refractivity contribution is 5.76. The number of hydrogen-bond acceptors (Lipinski definition) is 5. The predicted octanol–water partition coefficient (Wildman–Crippen LogP) is 5.08. The maximum Gasteiger partial charge on any atom is 0.573 e. The maximum absolute atomic E-state index is 13.9. The fraction of sp³-hybridized carbons (Fsp3) is 0.269. The van der Waals surface area contributed by atoms with E-state index in [1.165, 1.54) is 43.5 Å². The molecule has 194 valence electrons. The number of carbonyl (C=O) groups excluding carboxylic acids is 1. The highest BCUT2D eigenvalue weighted by Gasteiger charge is 2.31. The first-order chi connectivity index (χ1) is 17.6. The van der Waals surface area contributed by atoms with Crippen LogP contribution in [0, 0.1) is 12.7 Å². The summed E-state index contributed by atoms with van der Waals surface area (Å²) in [5, 5.41) is 2.77. The van der Waals surface area contributed by atoms with Crippen molar-refractivity contribution < 1.29 is 31.8 Å². The van der Waals surface area contributed by atoms with Gasteiger partial charge in [0.1, 0.15) is 17.1 Å². The van der Waals surface area contributed by atoms with Crippen LogP contribution in [0.5, 0.6) is 11.5 Å². The van der Waals surface area contributed by atoms with Gasteiger partial charge in [0.05, 0.1) is 13.7 Å². The molecule has 2 aromatic heterocycles. The van der Waals surface area contributed by atoms with Crippen LogP contribution in [0.2, 0.25) is 0 Å². The zero-order chi connectivity index (χ0) is 26.6. The van der Waals surface area contributed by atoms with Gasteiger partial charge in [-0.05, 0) is 53.9 Å². The van der Waals surface area contributed by atoms with Crippen molar-refractivity contribution in [1.29, 1.82) is 0 Å². The quantitative estimate of drug-likeness (QED) is 0.314. The van der Waals surface area contributed by atoms with Crippen molar-refractivity contribution in [2.75, 3.05) is 7.11 Å². The molecule has 0 aliphatic heterocycles. The van der Waals surface area contributed by atoms with Gasteiger partial charge in [-0.1, -0.05) is 18.2 Å². The van der Waals surface area contributed by atoms with Crippen LogP contribution in [0.15, 0.2) is 54.7 Å². The summed E-state index contributed by atoms with van der Waals surface area (Å²) in [5.41, 5.74) is 3.48. The Bertz CT molecular complexity index is 1400. The van der Waals surface area contributed by atoms with Gasteiger partial charge in [0, 0.05) is 25.6 Å². The number of nitrogens with one attached hydrogen (secondary N) is 1. The van der Waals surface area contributed by atoms with Crippen molar-refractivity contribution in [1.82, 2.24) is 19.9 Å². The van der Waals surface area contributed by atoms with Crippen LogP contribution in [0.4, 0.5) is 17.6 Å². The average molecular weight is 516 g/mol. The Kier molecular flexibility index (Phi) is 7.61. The number of benzene rings is 2. The topological polar surface area (TPSA) is 78.3 Å². The Labute approximate surface area is 210 Å². The summed E-state index contributed by atoms with van der Waals surface area (Å²) in [6.45, 7) is 2.34. The second-order valence-electron chi connectivity index (χ2n) is 8.41. The molecule has 11 heteroatoms. The maximum atomic E-state index is 13.9. The van der Waals surface area contributed by atoms with Gasteiger partial charge < -0.3 is 19.4 Å². The van der Waals surface area contributed by atoms with Crippen LogP contribution >= 0.6 is 0 Å². The summed E-state index contributed by atoms with van der Waals surface area (Å²) < 4.78 is 61.9. The molecule has 4 aromatic rings. The van der Waals surface area contributed by atoms with E-state index in [1.807, 2.05) is 17.6 Å². The van der Waals surface area contributed by atoms with E-state index >= 15 is 0 Å². The van der Waals surface area contributed by atoms with Gasteiger partial charge in [-0.2, -0.15) is 0 Å². The van der Waals surface area contributed by atoms with E-state index in [0.717, 1.165) is 5.56 Å². The largest absolute Gasteiger partial charge is 0.573 e. The Morgan fingerprint density at radius 3 is 2.49 bits per heavy atom. The van der Waals surface area contributed by atoms with Crippen molar-refractivity contribution >= 4 is 17.1 Å². The molecule has 2 aromatic carbocycles. The molecule has 0 aliphatic carbocycles. The van der Waals surface area contributed by atoms with Gasteiger partial charge in [0.15, 0.2) is 17.2 Å². The van der Waals surface area contributed by atoms with Gasteiger partial charge in [-0.3, -0.25) is 4.79 Å². The number of carbonyl (C=O) groups is 1. The second kappa shape index (κ2) is 10.9. The number of methoxy groups -OCH3 is 1. The number of alkyl halides is 3. The number of fused-ring (bicyclic) bond motifs is 1. The highest BCUT2D eigenvalue weighted by atomic mass is 19.4. The van der Waals surface area contributed by atoms with E-state index in [4.69, 9.17) is 4.74 Å². The van der Waals surface area contributed by atoms with Gasteiger partial charge in [-0.25, -0.2) is 14.4 Å². The van der Waals surface area contributed by atoms with E-state index in [1.54, 1.807) is 12.3 Å². The number of rotatable bonds is 9. The first kappa shape index (κ1) is 25.9. The Morgan fingerprint density at radius 1 is 1.08 bits per heavy atom. The summed E-state index contributed by atoms with van der Waals surface area (Å²) in [7, 11) is 1.38. The lowest BCUT2D eigenvalue weighted by Gasteiger charge is -2.11. The number of aryl methyl sites for hydroxylation is 2. The van der Waals surface area contributed by atoms with Crippen molar-refractivity contribution in [2.24, 2.45) is 0 Å². The summed E-state index contributed by atoms with van der Waals surface area (Å²) in [4.78, 5) is 21.6. The predicted molar refractivity (Wildman–Crippen MR) is 128 cm³/mol. The highest BCUT2D eigenvalue weighted by Crippen LogP contribution is 2.24. The summed E-state index contributed by atoms with van der Waals surface area (Å²) in [5.74, 6) is -0.333. The van der Waals surface area contributed by atoms with Gasteiger partial charge in [0.2, 0.25) is 5.91 Å². The van der Waals surface area contributed by atoms with Crippen molar-refractivity contribution in [3.8, 4) is 11.5 Å². The molecule has 0 atom stereocenters. The lowest BCUT2D eigenvalue weighted by molar-refractivity contribution is -0.274. The summed E-state index contributed by atoms with van der Waals surface area (Å²) in [6.07, 6.45) is -2.64. The minimum Gasteiger partial charge on any atom is -0.494 e. The molecule has 0 radical (unpaired) electrons. The molecule has 0 saturated heterocycles. The normalized spacial score (nSPS) is 11.5. The van der Waals surface area contributed by atoms with Crippen LogP contribution in [-0.4, -0.2) is 33.9 Å². The number of imidazole rings is 1. The molecule has 4 rings (SSSR count). The number of hydrogen-bond donors (Lipinski definition) is 1. The van der Waals surface area contributed by atoms with Crippen molar-refractivity contribution in [3.63, 3.8) is 0 Å². The van der Waals surface area contributed by atoms with E-state index in [9.17, 15) is 22.4 Å². The third-order valence-electron chi connectivity index (χ3n) is 5.58. The van der Waals surface area contributed by atoms with Crippen LogP contribution in [0.25, 0.3) is 11.2 Å². The van der Waals surface area contributed by atoms with Crippen molar-refractivity contribution in [2.45, 2.75) is 39.2 Å². The smallest absolute Gasteiger partial charge is 0.494 e. The molecule has 1 amide bonds. The average Bonchev–Trinajstić information content (AvgIpc) is 3.17. The lowest BCUT2D eigenvalue weighted by Crippen LogP contribution is -2.23. The monoisotopic (exact) mass is 516 g/mol. The third kappa shape index (κ3) is 6.75. The van der Waals surface area contributed by atoms with E-state index in [0.29, 0.717) is 41.1 Å². The SMILES string of the molecule is COc1ccc(CNC(=O)CCc2nc3cc(C)cnc3n2Cc2ccc(OC(F)(F)F)cc2)cc1F. The van der Waals surface area contributed by atoms with Gasteiger partial charge in [-0.15, -0.1) is 13.2 Å². The molecule has 0 bridgehead atoms. The lowest BCUT2D eigenvalue weighted by atomic mass is 10.2. The number of amides is 1. The Morgan fingerprint density at radius 2 is 1.81 bits per heavy atom. The Hall–Kier alpha value is -4.15. The molecule has 0 spiro atoms. The Balaban J connectivity index is 1.46. The molecule has 37 heavy (non-hydrogen) atoms. The molecule has 0 unspecified atom stereocenters. The fourth-order valence-electron chi connectivity index (χ4n) is 3.83. The third-order valence-corrected chi connectivity index (χ3v) is 5.58. The van der Waals surface area contributed by atoms with Crippen LogP contribution in [0.1, 0.15) is 28.9 Å². The number of nitrogens with zero attached hydrogens (tertiary/aromatic N) is 3. The molecule has 7 nitrogen and oxygen atoms in total. The fourth-order valence-corrected chi connectivity index (χ4v) is 3.83. The van der Waals surface area contributed by atoms with E-state index < -0.39 is 12.2 Å². The molecular formula is C26H24F4N4O3. The first-order valence-electron chi connectivity index (χ1n) is 11.4. The number of ether oxygens (including phenoxy) is 2. The molecule has 0 aliphatic rings. The summed E-state index contributed by atoms with van der Waals surface area (Å²) in [6, 6.07) is 11.9. The zero-order valence-electron chi connectivity index (χ0n) is 20.1. The number of aromatic nitrogens is 3. The van der Waals surface area contributed by atoms with Gasteiger partial charge in [0.25, 0.3) is 0 Å². The molecule has 0 fully saturated rings. The van der Waals surface area contributed by atoms with Gasteiger partial charge >= 0.3 is 6.36 Å². The molecule has 0 saturated carbocycles. The summed E-state index contributed by atoms with van der Waals surface area (Å²) >= 11 is 0. The van der Waals surface area contributed by atoms with E-state index in [-0.39, 0.29) is 30.4 Å². The number of pyridine rings is 1.